The zero-order valence-corrected chi connectivity index (χ0v) is 10.2. The summed E-state index contributed by atoms with van der Waals surface area (Å²) in [5, 5.41) is 11.8. The highest BCUT2D eigenvalue weighted by Crippen LogP contribution is 2.45. The quantitative estimate of drug-likeness (QED) is 0.781. The molecule has 1 unspecified atom stereocenters. The number of carboxylic acids is 1. The summed E-state index contributed by atoms with van der Waals surface area (Å²) in [7, 11) is 0. The molecule has 1 saturated carbocycles. The summed E-state index contributed by atoms with van der Waals surface area (Å²) in [5.74, 6) is -0.242. The molecule has 0 aromatic carbocycles. The van der Waals surface area contributed by atoms with Crippen LogP contribution in [0.15, 0.2) is 0 Å². The lowest BCUT2D eigenvalue weighted by atomic mass is 10.0. The monoisotopic (exact) mass is 240 g/mol. The lowest BCUT2D eigenvalue weighted by molar-refractivity contribution is -0.143. The van der Waals surface area contributed by atoms with E-state index in [4.69, 9.17) is 5.11 Å². The number of likely N-dealkylation sites (tertiary alicyclic amines) is 1. The van der Waals surface area contributed by atoms with Gasteiger partial charge < -0.3 is 15.3 Å². The van der Waals surface area contributed by atoms with Crippen molar-refractivity contribution in [2.24, 2.45) is 11.3 Å². The van der Waals surface area contributed by atoms with Crippen LogP contribution in [-0.2, 0) is 4.79 Å². The van der Waals surface area contributed by atoms with Gasteiger partial charge in [0.2, 0.25) is 0 Å². The molecule has 5 heteroatoms. The number of carboxylic acid groups (broad SMARTS) is 1. The standard InChI is InChI=1S/C12H20N2O3/c1-9-3-2-6-14(7-9)11(17)13-8-12(4-5-12)10(15)16/h9H,2-8H2,1H3,(H,13,17)(H,15,16). The van der Waals surface area contributed by atoms with E-state index in [2.05, 4.69) is 12.2 Å². The largest absolute Gasteiger partial charge is 0.481 e. The van der Waals surface area contributed by atoms with Crippen molar-refractivity contribution in [2.75, 3.05) is 19.6 Å². The van der Waals surface area contributed by atoms with Gasteiger partial charge in [-0.05, 0) is 31.6 Å². The maximum absolute atomic E-state index is 11.9. The molecule has 1 heterocycles. The van der Waals surface area contributed by atoms with Crippen molar-refractivity contribution < 1.29 is 14.7 Å². The summed E-state index contributed by atoms with van der Waals surface area (Å²) in [5.41, 5.74) is -0.670. The molecule has 0 aromatic rings. The number of carbonyl (C=O) groups excluding carboxylic acids is 1. The van der Waals surface area contributed by atoms with E-state index in [1.165, 1.54) is 6.42 Å². The number of piperidine rings is 1. The van der Waals surface area contributed by atoms with Crippen LogP contribution in [0.3, 0.4) is 0 Å². The second-order valence-corrected chi connectivity index (χ2v) is 5.44. The van der Waals surface area contributed by atoms with Crippen LogP contribution in [0.25, 0.3) is 0 Å². The zero-order chi connectivity index (χ0) is 12.5. The van der Waals surface area contributed by atoms with Gasteiger partial charge in [-0.2, -0.15) is 0 Å². The van der Waals surface area contributed by atoms with Crippen LogP contribution in [-0.4, -0.2) is 41.6 Å². The molecule has 0 spiro atoms. The lowest BCUT2D eigenvalue weighted by Gasteiger charge is -2.31. The fraction of sp³-hybridized carbons (Fsp3) is 0.833. The normalized spacial score (nSPS) is 26.4. The maximum atomic E-state index is 11.9. The van der Waals surface area contributed by atoms with Crippen molar-refractivity contribution >= 4 is 12.0 Å². The van der Waals surface area contributed by atoms with Gasteiger partial charge in [-0.15, -0.1) is 0 Å². The van der Waals surface area contributed by atoms with E-state index in [1.54, 1.807) is 4.90 Å². The Bertz CT molecular complexity index is 326. The number of rotatable bonds is 3. The van der Waals surface area contributed by atoms with E-state index < -0.39 is 11.4 Å². The van der Waals surface area contributed by atoms with Gasteiger partial charge in [0.1, 0.15) is 0 Å². The Kier molecular flexibility index (Phi) is 3.26. The van der Waals surface area contributed by atoms with Crippen LogP contribution in [0.2, 0.25) is 0 Å². The predicted octanol–water partition coefficient (Wildman–Crippen LogP) is 1.29. The maximum Gasteiger partial charge on any atom is 0.317 e. The minimum atomic E-state index is -0.787. The Morgan fingerprint density at radius 2 is 2.18 bits per heavy atom. The summed E-state index contributed by atoms with van der Waals surface area (Å²) in [4.78, 5) is 24.6. The number of nitrogens with one attached hydrogen (secondary N) is 1. The SMILES string of the molecule is CC1CCCN(C(=O)NCC2(C(=O)O)CC2)C1. The van der Waals surface area contributed by atoms with Crippen molar-refractivity contribution in [3.63, 3.8) is 0 Å². The van der Waals surface area contributed by atoms with Crippen molar-refractivity contribution in [2.45, 2.75) is 32.6 Å². The second kappa shape index (κ2) is 4.55. The Labute approximate surface area is 101 Å². The van der Waals surface area contributed by atoms with E-state index >= 15 is 0 Å². The number of hydrogen-bond donors (Lipinski definition) is 2. The van der Waals surface area contributed by atoms with Gasteiger partial charge in [0.25, 0.3) is 0 Å². The molecular formula is C12H20N2O3. The predicted molar refractivity (Wildman–Crippen MR) is 62.7 cm³/mol. The van der Waals surface area contributed by atoms with Crippen LogP contribution in [0.4, 0.5) is 4.79 Å². The van der Waals surface area contributed by atoms with Crippen LogP contribution >= 0.6 is 0 Å². The van der Waals surface area contributed by atoms with Crippen LogP contribution in [0.1, 0.15) is 32.6 Å². The average Bonchev–Trinajstić information content (AvgIpc) is 3.07. The smallest absolute Gasteiger partial charge is 0.317 e. The molecule has 1 saturated heterocycles. The van der Waals surface area contributed by atoms with Gasteiger partial charge in [-0.3, -0.25) is 4.79 Å². The van der Waals surface area contributed by atoms with E-state index in [9.17, 15) is 9.59 Å². The number of carbonyl (C=O) groups is 2. The van der Waals surface area contributed by atoms with Gasteiger partial charge in [0.05, 0.1) is 5.41 Å². The van der Waals surface area contributed by atoms with Gasteiger partial charge in [-0.25, -0.2) is 4.79 Å². The molecule has 5 nitrogen and oxygen atoms in total. The summed E-state index contributed by atoms with van der Waals surface area (Å²) in [6.45, 7) is 3.98. The zero-order valence-electron chi connectivity index (χ0n) is 10.2. The van der Waals surface area contributed by atoms with Crippen LogP contribution in [0.5, 0.6) is 0 Å². The molecule has 2 N–H and O–H groups in total. The molecule has 1 aliphatic carbocycles. The second-order valence-electron chi connectivity index (χ2n) is 5.44. The van der Waals surface area contributed by atoms with E-state index in [0.29, 0.717) is 18.8 Å². The topological polar surface area (TPSA) is 69.6 Å². The molecule has 2 fully saturated rings. The van der Waals surface area contributed by atoms with Gasteiger partial charge in [-0.1, -0.05) is 6.92 Å². The highest BCUT2D eigenvalue weighted by atomic mass is 16.4. The Morgan fingerprint density at radius 3 is 2.71 bits per heavy atom. The van der Waals surface area contributed by atoms with Crippen molar-refractivity contribution in [3.8, 4) is 0 Å². The highest BCUT2D eigenvalue weighted by molar-refractivity contribution is 5.80. The summed E-state index contributed by atoms with van der Waals surface area (Å²) in [6.07, 6.45) is 3.57. The fourth-order valence-corrected chi connectivity index (χ4v) is 2.35. The first-order valence-electron chi connectivity index (χ1n) is 6.30. The number of amides is 2. The molecule has 17 heavy (non-hydrogen) atoms. The first kappa shape index (κ1) is 12.2. The first-order valence-corrected chi connectivity index (χ1v) is 6.30. The third-order valence-electron chi connectivity index (χ3n) is 3.83. The summed E-state index contributed by atoms with van der Waals surface area (Å²) >= 11 is 0. The van der Waals surface area contributed by atoms with Crippen LogP contribution < -0.4 is 5.32 Å². The Hall–Kier alpha value is -1.26. The molecule has 1 aliphatic heterocycles. The van der Waals surface area contributed by atoms with E-state index in [0.717, 1.165) is 19.5 Å². The summed E-state index contributed by atoms with van der Waals surface area (Å²) in [6, 6.07) is -0.107. The van der Waals surface area contributed by atoms with Crippen molar-refractivity contribution in [1.29, 1.82) is 0 Å². The fourth-order valence-electron chi connectivity index (χ4n) is 2.35. The third-order valence-corrected chi connectivity index (χ3v) is 3.83. The average molecular weight is 240 g/mol. The van der Waals surface area contributed by atoms with E-state index in [-0.39, 0.29) is 12.6 Å². The minimum Gasteiger partial charge on any atom is -0.481 e. The molecule has 0 aromatic heterocycles. The van der Waals surface area contributed by atoms with Gasteiger partial charge >= 0.3 is 12.0 Å². The Balaban J connectivity index is 1.79. The lowest BCUT2D eigenvalue weighted by Crippen LogP contribution is -2.47. The molecule has 0 bridgehead atoms. The minimum absolute atomic E-state index is 0.107. The van der Waals surface area contributed by atoms with Gasteiger partial charge in [0.15, 0.2) is 0 Å². The highest BCUT2D eigenvalue weighted by Gasteiger charge is 2.50. The van der Waals surface area contributed by atoms with E-state index in [1.807, 2.05) is 0 Å². The molecule has 1 atom stereocenters. The Morgan fingerprint density at radius 1 is 1.47 bits per heavy atom. The number of hydrogen-bond acceptors (Lipinski definition) is 2. The molecule has 2 amide bonds. The third kappa shape index (κ3) is 2.70. The molecule has 0 radical (unpaired) electrons. The molecule has 2 aliphatic rings. The molecule has 2 rings (SSSR count). The molecular weight excluding hydrogens is 220 g/mol. The van der Waals surface area contributed by atoms with Crippen molar-refractivity contribution in [1.82, 2.24) is 10.2 Å². The van der Waals surface area contributed by atoms with Gasteiger partial charge in [0, 0.05) is 19.6 Å². The number of aliphatic carboxylic acids is 1. The number of urea groups is 1. The van der Waals surface area contributed by atoms with Crippen molar-refractivity contribution in [3.05, 3.63) is 0 Å². The molecule has 96 valence electrons. The summed E-state index contributed by atoms with van der Waals surface area (Å²) < 4.78 is 0. The first-order chi connectivity index (χ1) is 8.03. The number of nitrogens with zero attached hydrogens (tertiary/aromatic N) is 1. The van der Waals surface area contributed by atoms with Crippen LogP contribution in [0, 0.1) is 11.3 Å².